The van der Waals surface area contributed by atoms with Crippen LogP contribution < -0.4 is 20.7 Å². The van der Waals surface area contributed by atoms with Crippen molar-refractivity contribution < 1.29 is 9.53 Å². The number of hydrogen-bond acceptors (Lipinski definition) is 8. The van der Waals surface area contributed by atoms with Crippen molar-refractivity contribution in [1.29, 1.82) is 0 Å². The summed E-state index contributed by atoms with van der Waals surface area (Å²) in [6, 6.07) is 1.71. The molecule has 2 amide bonds. The number of urea groups is 1. The number of methoxy groups -OCH3 is 1. The second kappa shape index (κ2) is 7.65. The molecule has 158 valence electrons. The van der Waals surface area contributed by atoms with E-state index in [-0.39, 0.29) is 18.0 Å². The molecule has 0 radical (unpaired) electrons. The molecule has 1 aliphatic heterocycles. The van der Waals surface area contributed by atoms with Gasteiger partial charge in [0.2, 0.25) is 11.8 Å². The third kappa shape index (κ3) is 3.53. The quantitative estimate of drug-likeness (QED) is 0.662. The molecule has 1 saturated heterocycles. The number of pyridine rings is 1. The molecule has 11 heteroatoms. The van der Waals surface area contributed by atoms with Crippen molar-refractivity contribution in [3.05, 3.63) is 24.0 Å². The summed E-state index contributed by atoms with van der Waals surface area (Å²) in [5.41, 5.74) is 8.10. The van der Waals surface area contributed by atoms with Crippen molar-refractivity contribution in [3.8, 4) is 5.88 Å². The molecule has 0 aliphatic carbocycles. The van der Waals surface area contributed by atoms with Crippen LogP contribution in [0.2, 0.25) is 0 Å². The van der Waals surface area contributed by atoms with Crippen molar-refractivity contribution in [2.45, 2.75) is 19.9 Å². The van der Waals surface area contributed by atoms with Crippen LogP contribution in [0.3, 0.4) is 0 Å². The zero-order chi connectivity index (χ0) is 21.4. The van der Waals surface area contributed by atoms with E-state index in [2.05, 4.69) is 37.2 Å². The van der Waals surface area contributed by atoms with Gasteiger partial charge in [-0.25, -0.2) is 9.78 Å². The number of anilines is 3. The van der Waals surface area contributed by atoms with E-state index >= 15 is 0 Å². The fraction of sp³-hybridized carbons (Fsp3) is 0.421. The number of piperazine rings is 1. The first kappa shape index (κ1) is 19.7. The lowest BCUT2D eigenvalue weighted by molar-refractivity contribution is 0.200. The monoisotopic (exact) mass is 411 g/mol. The molecule has 1 atom stereocenters. The van der Waals surface area contributed by atoms with Gasteiger partial charge in [0.15, 0.2) is 5.65 Å². The predicted molar refractivity (Wildman–Crippen MR) is 114 cm³/mol. The number of ether oxygens (including phenoxy) is 1. The summed E-state index contributed by atoms with van der Waals surface area (Å²) in [6.07, 6.45) is 3.33. The van der Waals surface area contributed by atoms with Gasteiger partial charge in [-0.05, 0) is 19.9 Å². The Labute approximate surface area is 173 Å². The Kier molecular flexibility index (Phi) is 5.02. The standard InChI is InChI=1S/C19H25N9O2/c1-11-7-13(8-21-17(11)30-4)23-19(29)27-5-6-28(12(2)10-27)16-14-9-22-26(3)15(14)24-18(20)25-16/h7-9,12H,5-6,10H2,1-4H3,(H,23,29)(H2,20,24,25)/t12-/m0/s1. The first-order chi connectivity index (χ1) is 14.4. The topological polar surface area (TPSA) is 127 Å². The highest BCUT2D eigenvalue weighted by Crippen LogP contribution is 2.27. The molecular weight excluding hydrogens is 386 g/mol. The van der Waals surface area contributed by atoms with Gasteiger partial charge in [0.1, 0.15) is 5.82 Å². The van der Waals surface area contributed by atoms with Crippen LogP contribution in [0.1, 0.15) is 12.5 Å². The highest BCUT2D eigenvalue weighted by atomic mass is 16.5. The number of aromatic nitrogens is 5. The SMILES string of the molecule is COc1ncc(NC(=O)N2CCN(c3nc(N)nc4c3cnn4C)[C@@H](C)C2)cc1C. The number of nitrogens with one attached hydrogen (secondary N) is 1. The molecule has 0 aromatic carbocycles. The average molecular weight is 411 g/mol. The molecule has 1 fully saturated rings. The maximum absolute atomic E-state index is 12.8. The van der Waals surface area contributed by atoms with Gasteiger partial charge in [0.25, 0.3) is 0 Å². The molecule has 0 spiro atoms. The molecule has 4 rings (SSSR count). The van der Waals surface area contributed by atoms with Crippen molar-refractivity contribution in [2.75, 3.05) is 42.7 Å². The summed E-state index contributed by atoms with van der Waals surface area (Å²) in [6.45, 7) is 5.65. The van der Waals surface area contributed by atoms with E-state index < -0.39 is 0 Å². The second-order valence-corrected chi connectivity index (χ2v) is 7.38. The third-order valence-electron chi connectivity index (χ3n) is 5.25. The zero-order valence-corrected chi connectivity index (χ0v) is 17.5. The summed E-state index contributed by atoms with van der Waals surface area (Å²) in [7, 11) is 3.39. The lowest BCUT2D eigenvalue weighted by Gasteiger charge is -2.40. The highest BCUT2D eigenvalue weighted by molar-refractivity contribution is 5.90. The zero-order valence-electron chi connectivity index (χ0n) is 17.5. The lowest BCUT2D eigenvalue weighted by atomic mass is 10.2. The first-order valence-electron chi connectivity index (χ1n) is 9.65. The fourth-order valence-electron chi connectivity index (χ4n) is 3.75. The lowest BCUT2D eigenvalue weighted by Crippen LogP contribution is -2.55. The Bertz CT molecular complexity index is 1100. The predicted octanol–water partition coefficient (Wildman–Crippen LogP) is 1.40. The Morgan fingerprint density at radius 2 is 2.10 bits per heavy atom. The number of nitrogens with zero attached hydrogens (tertiary/aromatic N) is 7. The van der Waals surface area contributed by atoms with Crippen LogP contribution in [0.25, 0.3) is 11.0 Å². The number of carbonyl (C=O) groups excluding carboxylic acids is 1. The highest BCUT2D eigenvalue weighted by Gasteiger charge is 2.29. The minimum atomic E-state index is -0.165. The van der Waals surface area contributed by atoms with E-state index in [4.69, 9.17) is 10.5 Å². The number of fused-ring (bicyclic) bond motifs is 1. The molecule has 0 unspecified atom stereocenters. The molecule has 4 heterocycles. The van der Waals surface area contributed by atoms with Crippen LogP contribution >= 0.6 is 0 Å². The normalized spacial score (nSPS) is 16.7. The molecule has 3 aromatic rings. The minimum Gasteiger partial charge on any atom is -0.481 e. The molecule has 11 nitrogen and oxygen atoms in total. The van der Waals surface area contributed by atoms with Crippen molar-refractivity contribution in [2.24, 2.45) is 7.05 Å². The van der Waals surface area contributed by atoms with E-state index in [0.29, 0.717) is 36.8 Å². The second-order valence-electron chi connectivity index (χ2n) is 7.38. The van der Waals surface area contributed by atoms with E-state index in [1.165, 1.54) is 0 Å². The summed E-state index contributed by atoms with van der Waals surface area (Å²) < 4.78 is 6.84. The Morgan fingerprint density at radius 1 is 1.30 bits per heavy atom. The number of aryl methyl sites for hydroxylation is 2. The fourth-order valence-corrected chi connectivity index (χ4v) is 3.75. The van der Waals surface area contributed by atoms with Gasteiger partial charge in [-0.3, -0.25) is 4.68 Å². The van der Waals surface area contributed by atoms with Crippen LogP contribution in [0.5, 0.6) is 5.88 Å². The number of nitrogen functional groups attached to an aromatic ring is 1. The third-order valence-corrected chi connectivity index (χ3v) is 5.25. The van der Waals surface area contributed by atoms with Gasteiger partial charge in [-0.2, -0.15) is 15.1 Å². The van der Waals surface area contributed by atoms with Crippen LogP contribution in [0.15, 0.2) is 18.5 Å². The Morgan fingerprint density at radius 3 is 2.80 bits per heavy atom. The van der Waals surface area contributed by atoms with Gasteiger partial charge in [-0.1, -0.05) is 0 Å². The number of carbonyl (C=O) groups is 1. The number of nitrogens with two attached hydrogens (primary N) is 1. The maximum atomic E-state index is 12.8. The van der Waals surface area contributed by atoms with E-state index in [1.807, 2.05) is 20.0 Å². The van der Waals surface area contributed by atoms with E-state index in [1.54, 1.807) is 29.1 Å². The number of hydrogen-bond donors (Lipinski definition) is 2. The smallest absolute Gasteiger partial charge is 0.322 e. The first-order valence-corrected chi connectivity index (χ1v) is 9.65. The molecule has 1 aliphatic rings. The van der Waals surface area contributed by atoms with Gasteiger partial charge in [0, 0.05) is 38.3 Å². The van der Waals surface area contributed by atoms with Crippen molar-refractivity contribution in [3.63, 3.8) is 0 Å². The maximum Gasteiger partial charge on any atom is 0.322 e. The molecule has 0 saturated carbocycles. The van der Waals surface area contributed by atoms with Crippen LogP contribution in [0, 0.1) is 6.92 Å². The minimum absolute atomic E-state index is 0.0398. The van der Waals surface area contributed by atoms with Gasteiger partial charge in [-0.15, -0.1) is 0 Å². The number of rotatable bonds is 3. The molecule has 30 heavy (non-hydrogen) atoms. The van der Waals surface area contributed by atoms with E-state index in [0.717, 1.165) is 16.8 Å². The molecular formula is C19H25N9O2. The largest absolute Gasteiger partial charge is 0.481 e. The van der Waals surface area contributed by atoms with Crippen LogP contribution in [-0.4, -0.2) is 68.4 Å². The van der Waals surface area contributed by atoms with E-state index in [9.17, 15) is 4.79 Å². The number of amides is 2. The van der Waals surface area contributed by atoms with Crippen LogP contribution in [-0.2, 0) is 7.05 Å². The average Bonchev–Trinajstić information content (AvgIpc) is 3.08. The van der Waals surface area contributed by atoms with Gasteiger partial charge < -0.3 is 25.6 Å². The summed E-state index contributed by atoms with van der Waals surface area (Å²) in [4.78, 5) is 29.6. The molecule has 3 N–H and O–H groups in total. The van der Waals surface area contributed by atoms with Crippen molar-refractivity contribution in [1.82, 2.24) is 29.6 Å². The Balaban J connectivity index is 1.48. The van der Waals surface area contributed by atoms with Crippen LogP contribution in [0.4, 0.5) is 22.2 Å². The summed E-state index contributed by atoms with van der Waals surface area (Å²) in [5.74, 6) is 1.49. The molecule has 3 aromatic heterocycles. The van der Waals surface area contributed by atoms with Gasteiger partial charge in [0.05, 0.1) is 30.6 Å². The van der Waals surface area contributed by atoms with Gasteiger partial charge >= 0.3 is 6.03 Å². The molecule has 0 bridgehead atoms. The summed E-state index contributed by atoms with van der Waals surface area (Å²) in [5, 5.41) is 8.03. The summed E-state index contributed by atoms with van der Waals surface area (Å²) >= 11 is 0. The Hall–Kier alpha value is -3.63. The van der Waals surface area contributed by atoms with Crippen molar-refractivity contribution >= 4 is 34.5 Å².